The second-order valence-electron chi connectivity index (χ2n) is 13.0. The highest BCUT2D eigenvalue weighted by Crippen LogP contribution is 2.40. The number of hydrogen-bond acceptors (Lipinski definition) is 6. The van der Waals surface area contributed by atoms with E-state index in [1.807, 2.05) is 15.9 Å². The number of anilines is 2. The fourth-order valence-electron chi connectivity index (χ4n) is 8.00. The maximum atomic E-state index is 15.3. The standard InChI is InChI=1S/C34H42F2N6O3/c35-25-19-24(20-26(36)32(25)40-12-2-1-3-13-40)41-14-4-6-29(41)23-8-9-27-28(18-23)39-33(38-27)30-7-5-15-42(30)34(44)31(37-21-43)22-10-16-45-17-11-22/h8-9,18-22,29-31H,1-7,10-17H2,(H,37,43)(H,38,39)/t29-,30+,31?/m1/s1. The number of nitrogens with zero attached hydrogens (tertiary/aromatic N) is 4. The molecule has 0 saturated carbocycles. The first-order chi connectivity index (χ1) is 22.0. The molecule has 0 radical (unpaired) electrons. The van der Waals surface area contributed by atoms with Crippen molar-refractivity contribution in [3.63, 3.8) is 0 Å². The molecule has 1 unspecified atom stereocenters. The van der Waals surface area contributed by atoms with Crippen LogP contribution < -0.4 is 15.1 Å². The van der Waals surface area contributed by atoms with Crippen molar-refractivity contribution in [3.8, 4) is 0 Å². The quantitative estimate of drug-likeness (QED) is 0.329. The molecule has 4 saturated heterocycles. The highest BCUT2D eigenvalue weighted by atomic mass is 19.1. The summed E-state index contributed by atoms with van der Waals surface area (Å²) < 4.78 is 36.2. The van der Waals surface area contributed by atoms with Crippen LogP contribution in [0.25, 0.3) is 11.0 Å². The Bertz CT molecular complexity index is 1510. The number of nitrogens with one attached hydrogen (secondary N) is 2. The molecule has 0 spiro atoms. The van der Waals surface area contributed by atoms with Gasteiger partial charge in [-0.3, -0.25) is 9.59 Å². The van der Waals surface area contributed by atoms with Crippen molar-refractivity contribution >= 4 is 34.7 Å². The summed E-state index contributed by atoms with van der Waals surface area (Å²) in [6.07, 6.45) is 8.58. The predicted molar refractivity (Wildman–Crippen MR) is 168 cm³/mol. The Morgan fingerprint density at radius 3 is 2.42 bits per heavy atom. The van der Waals surface area contributed by atoms with Gasteiger partial charge in [-0.15, -0.1) is 0 Å². The average Bonchev–Trinajstić information content (AvgIpc) is 3.83. The van der Waals surface area contributed by atoms with Gasteiger partial charge in [0.25, 0.3) is 0 Å². The molecule has 9 nitrogen and oxygen atoms in total. The van der Waals surface area contributed by atoms with E-state index in [1.54, 1.807) is 0 Å². The first kappa shape index (κ1) is 30.0. The molecule has 4 aliphatic heterocycles. The maximum absolute atomic E-state index is 15.3. The number of hydrogen-bond donors (Lipinski definition) is 2. The van der Waals surface area contributed by atoms with Crippen molar-refractivity contribution in [1.29, 1.82) is 0 Å². The van der Waals surface area contributed by atoms with E-state index in [1.165, 1.54) is 12.1 Å². The molecule has 4 aliphatic rings. The van der Waals surface area contributed by atoms with E-state index in [0.29, 0.717) is 44.9 Å². The molecule has 4 fully saturated rings. The topological polar surface area (TPSA) is 93.8 Å². The smallest absolute Gasteiger partial charge is 0.246 e. The number of H-pyrrole nitrogens is 1. The molecular formula is C34H42F2N6O3. The number of benzene rings is 2. The van der Waals surface area contributed by atoms with Gasteiger partial charge in [0.2, 0.25) is 12.3 Å². The van der Waals surface area contributed by atoms with Crippen molar-refractivity contribution < 1.29 is 23.1 Å². The lowest BCUT2D eigenvalue weighted by Crippen LogP contribution is -2.51. The van der Waals surface area contributed by atoms with Crippen molar-refractivity contribution in [2.75, 3.05) is 49.2 Å². The summed E-state index contributed by atoms with van der Waals surface area (Å²) in [5.41, 5.74) is 3.42. The largest absolute Gasteiger partial charge is 0.381 e. The van der Waals surface area contributed by atoms with Crippen LogP contribution in [-0.4, -0.2) is 72.6 Å². The van der Waals surface area contributed by atoms with Gasteiger partial charge >= 0.3 is 0 Å². The fourth-order valence-corrected chi connectivity index (χ4v) is 8.00. The van der Waals surface area contributed by atoms with Gasteiger partial charge in [-0.25, -0.2) is 13.8 Å². The third-order valence-corrected chi connectivity index (χ3v) is 10.3. The highest BCUT2D eigenvalue weighted by Gasteiger charge is 2.39. The second kappa shape index (κ2) is 12.9. The van der Waals surface area contributed by atoms with Crippen LogP contribution in [0.3, 0.4) is 0 Å². The van der Waals surface area contributed by atoms with E-state index in [9.17, 15) is 9.59 Å². The number of halogens is 2. The molecule has 0 bridgehead atoms. The summed E-state index contributed by atoms with van der Waals surface area (Å²) in [6.45, 7) is 3.90. The van der Waals surface area contributed by atoms with Gasteiger partial charge in [0, 0.05) is 45.1 Å². The van der Waals surface area contributed by atoms with Crippen LogP contribution in [0, 0.1) is 17.6 Å². The van der Waals surface area contributed by atoms with Crippen LogP contribution in [0.1, 0.15) is 81.3 Å². The molecule has 0 aliphatic carbocycles. The summed E-state index contributed by atoms with van der Waals surface area (Å²) >= 11 is 0. The lowest BCUT2D eigenvalue weighted by atomic mass is 9.90. The minimum atomic E-state index is -0.570. The van der Waals surface area contributed by atoms with E-state index in [2.05, 4.69) is 27.3 Å². The first-order valence-electron chi connectivity index (χ1n) is 16.6. The van der Waals surface area contributed by atoms with E-state index < -0.39 is 17.7 Å². The van der Waals surface area contributed by atoms with Gasteiger partial charge in [0.15, 0.2) is 11.6 Å². The van der Waals surface area contributed by atoms with Crippen LogP contribution >= 0.6 is 0 Å². The zero-order valence-corrected chi connectivity index (χ0v) is 25.6. The molecule has 11 heteroatoms. The first-order valence-corrected chi connectivity index (χ1v) is 16.6. The monoisotopic (exact) mass is 620 g/mol. The van der Waals surface area contributed by atoms with Crippen molar-refractivity contribution in [2.45, 2.75) is 75.9 Å². The number of imidazole rings is 1. The molecule has 2 N–H and O–H groups in total. The minimum absolute atomic E-state index is 0.0139. The Hall–Kier alpha value is -3.73. The molecule has 7 rings (SSSR count). The van der Waals surface area contributed by atoms with Crippen LogP contribution in [0.15, 0.2) is 30.3 Å². The number of carbonyl (C=O) groups is 2. The van der Waals surface area contributed by atoms with Gasteiger partial charge in [0.05, 0.1) is 23.1 Å². The number of fused-ring (bicyclic) bond motifs is 1. The van der Waals surface area contributed by atoms with Gasteiger partial charge in [0.1, 0.15) is 17.6 Å². The average molecular weight is 621 g/mol. The molecule has 1 aromatic heterocycles. The predicted octanol–water partition coefficient (Wildman–Crippen LogP) is 5.38. The molecule has 240 valence electrons. The molecule has 2 amide bonds. The number of aromatic amines is 1. The van der Waals surface area contributed by atoms with Crippen LogP contribution in [0.2, 0.25) is 0 Å². The number of likely N-dealkylation sites (tertiary alicyclic amines) is 1. The summed E-state index contributed by atoms with van der Waals surface area (Å²) in [4.78, 5) is 39.4. The van der Waals surface area contributed by atoms with Crippen LogP contribution in [-0.2, 0) is 14.3 Å². The SMILES string of the molecule is O=CNC(C(=O)N1CCC[C@H]1c1nc2ccc([C@H]3CCCN3c3cc(F)c(N4CCCCC4)c(F)c3)cc2[nH]1)C1CCOCC1. The summed E-state index contributed by atoms with van der Waals surface area (Å²) in [5.74, 6) is -0.266. The van der Waals surface area contributed by atoms with Crippen molar-refractivity contribution in [2.24, 2.45) is 5.92 Å². The lowest BCUT2D eigenvalue weighted by molar-refractivity contribution is -0.138. The summed E-state index contributed by atoms with van der Waals surface area (Å²) in [7, 11) is 0. The van der Waals surface area contributed by atoms with Gasteiger partial charge in [-0.1, -0.05) is 6.07 Å². The molecule has 3 aromatic rings. The number of amides is 2. The third-order valence-electron chi connectivity index (χ3n) is 10.3. The highest BCUT2D eigenvalue weighted by molar-refractivity contribution is 5.85. The Balaban J connectivity index is 1.11. The number of ether oxygens (including phenoxy) is 1. The Labute approximate surface area is 262 Å². The molecule has 3 atom stereocenters. The molecule has 5 heterocycles. The molecular weight excluding hydrogens is 578 g/mol. The Kier molecular flexibility index (Phi) is 8.61. The van der Waals surface area contributed by atoms with Gasteiger partial charge < -0.3 is 29.7 Å². The van der Waals surface area contributed by atoms with Gasteiger partial charge in [-0.05, 0) is 93.5 Å². The lowest BCUT2D eigenvalue weighted by Gasteiger charge is -2.33. The summed E-state index contributed by atoms with van der Waals surface area (Å²) in [5, 5.41) is 2.80. The summed E-state index contributed by atoms with van der Waals surface area (Å²) in [6, 6.07) is 8.34. The number of carbonyl (C=O) groups excluding carboxylic acids is 2. The maximum Gasteiger partial charge on any atom is 0.246 e. The Morgan fingerprint density at radius 1 is 0.933 bits per heavy atom. The Morgan fingerprint density at radius 2 is 1.67 bits per heavy atom. The number of piperidine rings is 1. The van der Waals surface area contributed by atoms with E-state index in [4.69, 9.17) is 9.72 Å². The third kappa shape index (κ3) is 5.87. The fraction of sp³-hybridized carbons (Fsp3) is 0.559. The van der Waals surface area contributed by atoms with Crippen molar-refractivity contribution in [3.05, 3.63) is 53.4 Å². The van der Waals surface area contributed by atoms with E-state index in [0.717, 1.165) is 86.8 Å². The van der Waals surface area contributed by atoms with Crippen molar-refractivity contribution in [1.82, 2.24) is 20.2 Å². The number of aromatic nitrogens is 2. The molecule has 45 heavy (non-hydrogen) atoms. The van der Waals surface area contributed by atoms with Gasteiger partial charge in [-0.2, -0.15) is 0 Å². The second-order valence-corrected chi connectivity index (χ2v) is 13.0. The molecule has 2 aromatic carbocycles. The van der Waals surface area contributed by atoms with Crippen LogP contribution in [0.5, 0.6) is 0 Å². The zero-order valence-electron chi connectivity index (χ0n) is 25.6. The minimum Gasteiger partial charge on any atom is -0.381 e. The normalized spacial score (nSPS) is 23.6. The zero-order chi connectivity index (χ0) is 30.9. The number of rotatable bonds is 8. The van der Waals surface area contributed by atoms with Crippen LogP contribution in [0.4, 0.5) is 20.2 Å². The van der Waals surface area contributed by atoms with E-state index >= 15 is 8.78 Å². The van der Waals surface area contributed by atoms with E-state index in [-0.39, 0.29) is 29.6 Å².